The highest BCUT2D eigenvalue weighted by molar-refractivity contribution is 7.80. The Kier molecular flexibility index (Phi) is 6.36. The summed E-state index contributed by atoms with van der Waals surface area (Å²) in [5.74, 6) is 0. The van der Waals surface area contributed by atoms with Crippen molar-refractivity contribution in [2.24, 2.45) is 0 Å². The number of quaternary nitrogens is 1. The van der Waals surface area contributed by atoms with Crippen molar-refractivity contribution in [1.82, 2.24) is 4.90 Å². The minimum atomic E-state index is 0.790. The zero-order valence-electron chi connectivity index (χ0n) is 13.4. The van der Waals surface area contributed by atoms with E-state index in [1.54, 1.807) is 11.3 Å². The maximum Gasteiger partial charge on any atom is 0.173 e. The summed E-state index contributed by atoms with van der Waals surface area (Å²) in [6, 6.07) is 12.6. The van der Waals surface area contributed by atoms with Crippen LogP contribution in [0.5, 0.6) is 0 Å². The first-order valence-electron chi connectivity index (χ1n) is 7.48. The number of likely N-dealkylation sites (N-methyl/N-ethyl adjacent to an activating group) is 1. The summed E-state index contributed by atoms with van der Waals surface area (Å²) < 4.78 is 0. The summed E-state index contributed by atoms with van der Waals surface area (Å²) in [6.45, 7) is 4.95. The molecule has 0 aliphatic rings. The number of nitrogens with one attached hydrogen (secondary N) is 2. The first kappa shape index (κ1) is 16.9. The van der Waals surface area contributed by atoms with Crippen molar-refractivity contribution < 1.29 is 4.90 Å². The highest BCUT2D eigenvalue weighted by Crippen LogP contribution is 2.14. The Morgan fingerprint density at radius 1 is 1.23 bits per heavy atom. The van der Waals surface area contributed by atoms with Crippen LogP contribution in [0.4, 0.5) is 5.69 Å². The third-order valence-corrected chi connectivity index (χ3v) is 4.62. The molecule has 2 aromatic rings. The number of benzene rings is 1. The summed E-state index contributed by atoms with van der Waals surface area (Å²) in [5.41, 5.74) is 2.30. The van der Waals surface area contributed by atoms with Crippen molar-refractivity contribution in [3.63, 3.8) is 0 Å². The number of nitrogens with zero attached hydrogens (tertiary/aromatic N) is 1. The minimum Gasteiger partial charge on any atom is -0.338 e. The van der Waals surface area contributed by atoms with E-state index >= 15 is 0 Å². The van der Waals surface area contributed by atoms with Gasteiger partial charge in [0.1, 0.15) is 0 Å². The van der Waals surface area contributed by atoms with E-state index in [2.05, 4.69) is 73.0 Å². The van der Waals surface area contributed by atoms with Gasteiger partial charge in [-0.1, -0.05) is 23.8 Å². The van der Waals surface area contributed by atoms with E-state index in [1.807, 2.05) is 0 Å². The van der Waals surface area contributed by atoms with Gasteiger partial charge < -0.3 is 15.1 Å². The van der Waals surface area contributed by atoms with E-state index in [9.17, 15) is 0 Å². The molecule has 3 nitrogen and oxygen atoms in total. The first-order valence-corrected chi connectivity index (χ1v) is 8.77. The molecule has 0 aliphatic carbocycles. The van der Waals surface area contributed by atoms with Gasteiger partial charge in [-0.25, -0.2) is 0 Å². The molecule has 2 N–H and O–H groups in total. The molecule has 0 amide bonds. The molecule has 0 saturated carbocycles. The van der Waals surface area contributed by atoms with Crippen LogP contribution < -0.4 is 10.2 Å². The van der Waals surface area contributed by atoms with Gasteiger partial charge in [0.05, 0.1) is 33.7 Å². The fourth-order valence-electron chi connectivity index (χ4n) is 2.04. The summed E-state index contributed by atoms with van der Waals surface area (Å²) in [6.07, 6.45) is 0. The molecule has 22 heavy (non-hydrogen) atoms. The fourth-order valence-corrected chi connectivity index (χ4v) is 3.03. The molecule has 0 radical (unpaired) electrons. The lowest BCUT2D eigenvalue weighted by molar-refractivity contribution is -0.857. The molecular weight excluding hydrogens is 310 g/mol. The second-order valence-corrected chi connectivity index (χ2v) is 7.17. The van der Waals surface area contributed by atoms with E-state index in [-0.39, 0.29) is 0 Å². The van der Waals surface area contributed by atoms with Crippen molar-refractivity contribution in [2.45, 2.75) is 13.5 Å². The molecule has 0 spiro atoms. The van der Waals surface area contributed by atoms with Gasteiger partial charge >= 0.3 is 0 Å². The largest absolute Gasteiger partial charge is 0.338 e. The Balaban J connectivity index is 2.02. The van der Waals surface area contributed by atoms with Crippen molar-refractivity contribution in [1.29, 1.82) is 0 Å². The quantitative estimate of drug-likeness (QED) is 0.792. The van der Waals surface area contributed by atoms with Crippen LogP contribution in [-0.2, 0) is 6.54 Å². The maximum absolute atomic E-state index is 5.63. The number of hydrogen-bond acceptors (Lipinski definition) is 2. The number of thiocarbonyl (C=S) groups is 1. The zero-order valence-corrected chi connectivity index (χ0v) is 15.1. The third-order valence-electron chi connectivity index (χ3n) is 3.40. The molecule has 0 aliphatic heterocycles. The lowest BCUT2D eigenvalue weighted by atomic mass is 10.2. The molecule has 0 unspecified atom stereocenters. The second kappa shape index (κ2) is 8.27. The SMILES string of the molecule is Cc1ccc(NC(=S)N(CC[NH+](C)C)Cc2cccs2)cc1. The number of anilines is 1. The Hall–Kier alpha value is -1.43. The molecular formula is C17H24N3S2+. The second-order valence-electron chi connectivity index (χ2n) is 5.75. The van der Waals surface area contributed by atoms with Crippen LogP contribution in [0.15, 0.2) is 41.8 Å². The Labute approximate surface area is 142 Å². The van der Waals surface area contributed by atoms with Crippen LogP contribution in [-0.4, -0.2) is 37.2 Å². The van der Waals surface area contributed by atoms with E-state index in [4.69, 9.17) is 12.2 Å². The Morgan fingerprint density at radius 3 is 2.55 bits per heavy atom. The average Bonchev–Trinajstić information content (AvgIpc) is 2.98. The molecule has 2 rings (SSSR count). The highest BCUT2D eigenvalue weighted by atomic mass is 32.1. The van der Waals surface area contributed by atoms with Gasteiger partial charge in [-0.2, -0.15) is 0 Å². The predicted octanol–water partition coefficient (Wildman–Crippen LogP) is 2.40. The Bertz CT molecular complexity index is 576. The Morgan fingerprint density at radius 2 is 1.95 bits per heavy atom. The lowest BCUT2D eigenvalue weighted by Crippen LogP contribution is -3.06. The van der Waals surface area contributed by atoms with Crippen LogP contribution in [0.2, 0.25) is 0 Å². The van der Waals surface area contributed by atoms with Gasteiger partial charge in [0.25, 0.3) is 0 Å². The van der Waals surface area contributed by atoms with Crippen molar-refractivity contribution in [3.05, 3.63) is 52.2 Å². The molecule has 0 bridgehead atoms. The molecule has 0 fully saturated rings. The van der Waals surface area contributed by atoms with E-state index < -0.39 is 0 Å². The average molecular weight is 335 g/mol. The van der Waals surface area contributed by atoms with Crippen LogP contribution in [0, 0.1) is 6.92 Å². The normalized spacial score (nSPS) is 10.7. The number of hydrogen-bond donors (Lipinski definition) is 2. The maximum atomic E-state index is 5.63. The zero-order chi connectivity index (χ0) is 15.9. The molecule has 5 heteroatoms. The molecule has 118 valence electrons. The van der Waals surface area contributed by atoms with Gasteiger partial charge in [0.2, 0.25) is 0 Å². The van der Waals surface area contributed by atoms with Gasteiger partial charge in [-0.05, 0) is 42.7 Å². The van der Waals surface area contributed by atoms with Gasteiger partial charge in [0, 0.05) is 10.6 Å². The number of thiophene rings is 1. The van der Waals surface area contributed by atoms with Crippen LogP contribution in [0.25, 0.3) is 0 Å². The van der Waals surface area contributed by atoms with Crippen molar-refractivity contribution >= 4 is 34.4 Å². The summed E-state index contributed by atoms with van der Waals surface area (Å²) in [7, 11) is 4.33. The van der Waals surface area contributed by atoms with Gasteiger partial charge in [-0.15, -0.1) is 11.3 Å². The predicted molar refractivity (Wildman–Crippen MR) is 99.8 cm³/mol. The number of rotatable bonds is 6. The van der Waals surface area contributed by atoms with Gasteiger partial charge in [-0.3, -0.25) is 0 Å². The third kappa shape index (κ3) is 5.40. The molecule has 1 heterocycles. The topological polar surface area (TPSA) is 19.7 Å². The van der Waals surface area contributed by atoms with Crippen LogP contribution in [0.3, 0.4) is 0 Å². The minimum absolute atomic E-state index is 0.790. The van der Waals surface area contributed by atoms with E-state index in [1.165, 1.54) is 15.3 Å². The number of aryl methyl sites for hydroxylation is 1. The van der Waals surface area contributed by atoms with Gasteiger partial charge in [0.15, 0.2) is 5.11 Å². The fraction of sp³-hybridized carbons (Fsp3) is 0.353. The van der Waals surface area contributed by atoms with Crippen LogP contribution in [0.1, 0.15) is 10.4 Å². The molecule has 1 aromatic heterocycles. The first-order chi connectivity index (χ1) is 10.5. The summed E-state index contributed by atoms with van der Waals surface area (Å²) >= 11 is 7.40. The smallest absolute Gasteiger partial charge is 0.173 e. The standard InChI is InChI=1S/C17H23N3S2/c1-14-6-8-15(9-7-14)18-17(21)20(11-10-19(2)3)13-16-5-4-12-22-16/h4-9,12H,10-11,13H2,1-3H3,(H,18,21)/p+1. The van der Waals surface area contributed by atoms with Crippen molar-refractivity contribution in [2.75, 3.05) is 32.5 Å². The molecule has 1 aromatic carbocycles. The summed E-state index contributed by atoms with van der Waals surface area (Å²) in [5, 5.41) is 6.26. The highest BCUT2D eigenvalue weighted by Gasteiger charge is 2.12. The lowest BCUT2D eigenvalue weighted by Gasteiger charge is -2.26. The molecule has 0 saturated heterocycles. The summed E-state index contributed by atoms with van der Waals surface area (Å²) in [4.78, 5) is 5.00. The van der Waals surface area contributed by atoms with Crippen molar-refractivity contribution in [3.8, 4) is 0 Å². The van der Waals surface area contributed by atoms with E-state index in [0.29, 0.717) is 0 Å². The van der Waals surface area contributed by atoms with Crippen LogP contribution >= 0.6 is 23.6 Å². The monoisotopic (exact) mass is 334 g/mol. The van der Waals surface area contributed by atoms with E-state index in [0.717, 1.165) is 30.4 Å². The molecule has 0 atom stereocenters.